The van der Waals surface area contributed by atoms with Crippen LogP contribution in [-0.2, 0) is 9.59 Å². The van der Waals surface area contributed by atoms with Crippen LogP contribution in [0.15, 0.2) is 12.4 Å². The Hall–Kier alpha value is -2.25. The number of amides is 2. The fourth-order valence-electron chi connectivity index (χ4n) is 2.90. The Morgan fingerprint density at radius 1 is 1.27 bits per heavy atom. The molecule has 2 amide bonds. The van der Waals surface area contributed by atoms with Gasteiger partial charge in [0.2, 0.25) is 17.8 Å². The first kappa shape index (κ1) is 14.7. The summed E-state index contributed by atoms with van der Waals surface area (Å²) in [6, 6.07) is 0.0705. The molecule has 1 atom stereocenters. The third kappa shape index (κ3) is 2.60. The zero-order valence-corrected chi connectivity index (χ0v) is 12.6. The molecule has 0 radical (unpaired) electrons. The van der Waals surface area contributed by atoms with Crippen molar-refractivity contribution in [2.24, 2.45) is 5.92 Å². The Kier molecular flexibility index (Phi) is 3.67. The Balaban J connectivity index is 1.58. The molecule has 0 saturated carbocycles. The van der Waals surface area contributed by atoms with Crippen molar-refractivity contribution in [2.75, 3.05) is 38.6 Å². The highest BCUT2D eigenvalue weighted by atomic mass is 19.1. The minimum atomic E-state index is -0.472. The normalized spacial score (nSPS) is 22.0. The van der Waals surface area contributed by atoms with E-state index in [9.17, 15) is 14.0 Å². The van der Waals surface area contributed by atoms with Crippen LogP contribution in [0.5, 0.6) is 0 Å². The predicted octanol–water partition coefficient (Wildman–Crippen LogP) is -0.259. The van der Waals surface area contributed by atoms with E-state index < -0.39 is 5.82 Å². The van der Waals surface area contributed by atoms with Crippen molar-refractivity contribution in [1.82, 2.24) is 19.8 Å². The molecule has 1 aromatic heterocycles. The lowest BCUT2D eigenvalue weighted by Crippen LogP contribution is -2.60. The van der Waals surface area contributed by atoms with Crippen molar-refractivity contribution in [1.29, 1.82) is 0 Å². The van der Waals surface area contributed by atoms with Gasteiger partial charge in [0.05, 0.1) is 24.4 Å². The minimum absolute atomic E-state index is 0.00565. The zero-order valence-electron chi connectivity index (χ0n) is 12.6. The van der Waals surface area contributed by atoms with Gasteiger partial charge in [-0.3, -0.25) is 9.59 Å². The number of hydrogen-bond donors (Lipinski definition) is 0. The van der Waals surface area contributed by atoms with Gasteiger partial charge in [0.25, 0.3) is 0 Å². The van der Waals surface area contributed by atoms with E-state index in [2.05, 4.69) is 9.97 Å². The summed E-state index contributed by atoms with van der Waals surface area (Å²) < 4.78 is 12.8. The van der Waals surface area contributed by atoms with Crippen LogP contribution in [0.1, 0.15) is 6.42 Å². The van der Waals surface area contributed by atoms with E-state index in [0.29, 0.717) is 25.6 Å². The summed E-state index contributed by atoms with van der Waals surface area (Å²) in [6.45, 7) is 1.69. The fourth-order valence-corrected chi connectivity index (χ4v) is 2.90. The van der Waals surface area contributed by atoms with Crippen molar-refractivity contribution in [3.05, 3.63) is 18.2 Å². The maximum absolute atomic E-state index is 12.8. The summed E-state index contributed by atoms with van der Waals surface area (Å²) in [5.41, 5.74) is 0. The molecule has 8 heteroatoms. The van der Waals surface area contributed by atoms with Crippen LogP contribution in [0.25, 0.3) is 0 Å². The summed E-state index contributed by atoms with van der Waals surface area (Å²) >= 11 is 0. The van der Waals surface area contributed by atoms with Gasteiger partial charge in [0.15, 0.2) is 5.82 Å². The molecule has 0 bridgehead atoms. The Labute approximate surface area is 127 Å². The number of aromatic nitrogens is 2. The van der Waals surface area contributed by atoms with Crippen LogP contribution in [0.2, 0.25) is 0 Å². The second kappa shape index (κ2) is 5.51. The summed E-state index contributed by atoms with van der Waals surface area (Å²) in [6.07, 6.45) is 2.53. The third-order valence-electron chi connectivity index (χ3n) is 4.14. The molecule has 118 valence electrons. The molecule has 1 aromatic rings. The first-order valence-corrected chi connectivity index (χ1v) is 7.19. The van der Waals surface area contributed by atoms with Crippen LogP contribution >= 0.6 is 0 Å². The van der Waals surface area contributed by atoms with Gasteiger partial charge in [-0.25, -0.2) is 14.4 Å². The van der Waals surface area contributed by atoms with Gasteiger partial charge < -0.3 is 14.7 Å². The molecular weight excluding hydrogens is 289 g/mol. The van der Waals surface area contributed by atoms with Crippen molar-refractivity contribution >= 4 is 17.8 Å². The highest BCUT2D eigenvalue weighted by Gasteiger charge is 2.43. The number of carbonyl (C=O) groups is 2. The number of rotatable bonds is 3. The summed E-state index contributed by atoms with van der Waals surface area (Å²) in [4.78, 5) is 37.1. The third-order valence-corrected chi connectivity index (χ3v) is 4.14. The number of likely N-dealkylation sites (tertiary alicyclic amines) is 1. The van der Waals surface area contributed by atoms with E-state index in [1.165, 1.54) is 4.90 Å². The molecular formula is C14H18FN5O2. The van der Waals surface area contributed by atoms with Gasteiger partial charge in [-0.05, 0) is 0 Å². The van der Waals surface area contributed by atoms with Crippen molar-refractivity contribution in [3.63, 3.8) is 0 Å². The second-order valence-electron chi connectivity index (χ2n) is 5.94. The summed E-state index contributed by atoms with van der Waals surface area (Å²) in [5, 5.41) is 0. The highest BCUT2D eigenvalue weighted by molar-refractivity contribution is 5.89. The van der Waals surface area contributed by atoms with Crippen LogP contribution in [-0.4, -0.2) is 71.4 Å². The average Bonchev–Trinajstić information content (AvgIpc) is 2.80. The van der Waals surface area contributed by atoms with E-state index in [0.717, 1.165) is 12.4 Å². The van der Waals surface area contributed by atoms with E-state index in [1.807, 2.05) is 4.90 Å². The Bertz CT molecular complexity index is 585. The van der Waals surface area contributed by atoms with E-state index in [1.54, 1.807) is 19.0 Å². The first-order chi connectivity index (χ1) is 10.5. The second-order valence-corrected chi connectivity index (χ2v) is 5.94. The maximum Gasteiger partial charge on any atom is 0.227 e. The standard InChI is InChI=1S/C14H18FN5O2/c1-18(2)13(22)9-3-12(21)20(6-9)11-7-19(8-11)14-16-4-10(15)5-17-14/h4-5,9,11H,3,6-8H2,1-2H3. The van der Waals surface area contributed by atoms with Gasteiger partial charge in [0, 0.05) is 40.2 Å². The summed E-state index contributed by atoms with van der Waals surface area (Å²) in [5.74, 6) is -0.247. The number of carbonyl (C=O) groups excluding carboxylic acids is 2. The Morgan fingerprint density at radius 2 is 1.91 bits per heavy atom. The molecule has 2 fully saturated rings. The maximum atomic E-state index is 12.8. The smallest absolute Gasteiger partial charge is 0.227 e. The van der Waals surface area contributed by atoms with Crippen molar-refractivity contribution < 1.29 is 14.0 Å². The molecule has 7 nitrogen and oxygen atoms in total. The molecule has 22 heavy (non-hydrogen) atoms. The lowest BCUT2D eigenvalue weighted by atomic mass is 10.1. The predicted molar refractivity (Wildman–Crippen MR) is 76.5 cm³/mol. The molecule has 0 aliphatic carbocycles. The van der Waals surface area contributed by atoms with Gasteiger partial charge in [-0.1, -0.05) is 0 Å². The van der Waals surface area contributed by atoms with Crippen molar-refractivity contribution in [2.45, 2.75) is 12.5 Å². The summed E-state index contributed by atoms with van der Waals surface area (Å²) in [7, 11) is 3.40. The van der Waals surface area contributed by atoms with Crippen LogP contribution < -0.4 is 4.90 Å². The monoisotopic (exact) mass is 307 g/mol. The number of anilines is 1. The Morgan fingerprint density at radius 3 is 2.50 bits per heavy atom. The van der Waals surface area contributed by atoms with Gasteiger partial charge >= 0.3 is 0 Å². The molecule has 1 unspecified atom stereocenters. The first-order valence-electron chi connectivity index (χ1n) is 7.19. The minimum Gasteiger partial charge on any atom is -0.349 e. The number of halogens is 1. The lowest BCUT2D eigenvalue weighted by Gasteiger charge is -2.44. The van der Waals surface area contributed by atoms with Crippen LogP contribution in [0, 0.1) is 11.7 Å². The number of hydrogen-bond acceptors (Lipinski definition) is 5. The molecule has 3 heterocycles. The molecule has 2 aliphatic rings. The molecule has 0 aromatic carbocycles. The van der Waals surface area contributed by atoms with Crippen LogP contribution in [0.3, 0.4) is 0 Å². The van der Waals surface area contributed by atoms with Crippen molar-refractivity contribution in [3.8, 4) is 0 Å². The van der Waals surface area contributed by atoms with Gasteiger partial charge in [0.1, 0.15) is 0 Å². The van der Waals surface area contributed by atoms with Crippen LogP contribution in [0.4, 0.5) is 10.3 Å². The SMILES string of the molecule is CN(C)C(=O)C1CC(=O)N(C2CN(c3ncc(F)cn3)C2)C1. The van der Waals surface area contributed by atoms with Gasteiger partial charge in [-0.2, -0.15) is 0 Å². The van der Waals surface area contributed by atoms with Gasteiger partial charge in [-0.15, -0.1) is 0 Å². The zero-order chi connectivity index (χ0) is 15.9. The average molecular weight is 307 g/mol. The molecule has 2 saturated heterocycles. The molecule has 2 aliphatic heterocycles. The quantitative estimate of drug-likeness (QED) is 0.769. The van der Waals surface area contributed by atoms with E-state index in [4.69, 9.17) is 0 Å². The molecule has 3 rings (SSSR count). The number of nitrogens with zero attached hydrogens (tertiary/aromatic N) is 5. The topological polar surface area (TPSA) is 69.6 Å². The largest absolute Gasteiger partial charge is 0.349 e. The highest BCUT2D eigenvalue weighted by Crippen LogP contribution is 2.27. The lowest BCUT2D eigenvalue weighted by molar-refractivity contribution is -0.133. The molecule has 0 N–H and O–H groups in total. The van der Waals surface area contributed by atoms with E-state index >= 15 is 0 Å². The van der Waals surface area contributed by atoms with E-state index in [-0.39, 0.29) is 30.2 Å². The molecule has 0 spiro atoms. The fraction of sp³-hybridized carbons (Fsp3) is 0.571.